The van der Waals surface area contributed by atoms with Crippen LogP contribution in [-0.2, 0) is 9.47 Å². The number of ether oxygens (including phenoxy) is 2. The van der Waals surface area contributed by atoms with E-state index >= 15 is 0 Å². The highest BCUT2D eigenvalue weighted by molar-refractivity contribution is 7.80. The number of nitrogens with one attached hydrogen (secondary N) is 1. The molecule has 0 atom stereocenters. The van der Waals surface area contributed by atoms with Crippen molar-refractivity contribution < 1.29 is 9.47 Å². The number of nitriles is 1. The van der Waals surface area contributed by atoms with Gasteiger partial charge in [-0.1, -0.05) is 52.0 Å². The Bertz CT molecular complexity index is 1100. The molecule has 2 aromatic heterocycles. The zero-order valence-corrected chi connectivity index (χ0v) is 26.0. The Morgan fingerprint density at radius 2 is 1.72 bits per heavy atom. The van der Waals surface area contributed by atoms with Gasteiger partial charge in [0, 0.05) is 38.5 Å². The van der Waals surface area contributed by atoms with Crippen LogP contribution >= 0.6 is 46.5 Å². The molecule has 0 aliphatic carbocycles. The van der Waals surface area contributed by atoms with E-state index in [9.17, 15) is 5.26 Å². The van der Waals surface area contributed by atoms with Crippen LogP contribution in [0.25, 0.3) is 15.8 Å². The Balaban J connectivity index is 1.46. The van der Waals surface area contributed by atoms with Crippen molar-refractivity contribution in [3.8, 4) is 15.8 Å². The lowest BCUT2D eigenvalue weighted by molar-refractivity contribution is 0.0483. The molecule has 1 aliphatic heterocycles. The molecule has 3 heterocycles. The average molecular weight is 581 g/mol. The van der Waals surface area contributed by atoms with E-state index < -0.39 is 8.07 Å². The van der Waals surface area contributed by atoms with Crippen molar-refractivity contribution >= 4 is 76.0 Å². The van der Waals surface area contributed by atoms with E-state index in [4.69, 9.17) is 33.3 Å². The van der Waals surface area contributed by atoms with Crippen molar-refractivity contribution in [2.45, 2.75) is 58.5 Å². The summed E-state index contributed by atoms with van der Waals surface area (Å²) in [5, 5.41) is 15.9. The highest BCUT2D eigenvalue weighted by Gasteiger charge is 2.41. The number of rotatable bonds is 15. The van der Waals surface area contributed by atoms with Gasteiger partial charge < -0.3 is 14.8 Å². The molecule has 0 saturated carbocycles. The first-order chi connectivity index (χ1) is 17.3. The van der Waals surface area contributed by atoms with Crippen molar-refractivity contribution in [3.63, 3.8) is 0 Å². The highest BCUT2D eigenvalue weighted by Crippen LogP contribution is 2.41. The molecule has 0 amide bonds. The van der Waals surface area contributed by atoms with E-state index in [1.54, 1.807) is 16.5 Å². The fourth-order valence-corrected chi connectivity index (χ4v) is 11.7. The molecule has 36 heavy (non-hydrogen) atoms. The minimum atomic E-state index is -1.70. The molecule has 0 aromatic carbocycles. The molecule has 4 nitrogen and oxygen atoms in total. The van der Waals surface area contributed by atoms with Crippen LogP contribution in [0.1, 0.15) is 55.2 Å². The Hall–Kier alpha value is -1.05. The van der Waals surface area contributed by atoms with Gasteiger partial charge in [0.25, 0.3) is 0 Å². The number of halogens is 1. The van der Waals surface area contributed by atoms with Crippen LogP contribution in [0.5, 0.6) is 0 Å². The Morgan fingerprint density at radius 3 is 2.42 bits per heavy atom. The van der Waals surface area contributed by atoms with E-state index in [1.807, 2.05) is 17.4 Å². The zero-order chi connectivity index (χ0) is 26.1. The van der Waals surface area contributed by atoms with Crippen LogP contribution in [0.2, 0.25) is 13.1 Å². The van der Waals surface area contributed by atoms with E-state index in [0.29, 0.717) is 42.8 Å². The predicted molar refractivity (Wildman–Crippen MR) is 163 cm³/mol. The van der Waals surface area contributed by atoms with Gasteiger partial charge in [0.1, 0.15) is 19.1 Å². The molecular formula is C27H37ClN2O2S3Si. The summed E-state index contributed by atoms with van der Waals surface area (Å²) in [5.41, 5.74) is 0.496. The third-order valence-electron chi connectivity index (χ3n) is 6.35. The lowest BCUT2D eigenvalue weighted by atomic mass is 10.2. The molecular weight excluding hydrogens is 544 g/mol. The monoisotopic (exact) mass is 580 g/mol. The highest BCUT2D eigenvalue weighted by atomic mass is 35.5. The van der Waals surface area contributed by atoms with Crippen LogP contribution in [0.4, 0.5) is 0 Å². The van der Waals surface area contributed by atoms with E-state index in [0.717, 1.165) is 43.0 Å². The second-order valence-electron chi connectivity index (χ2n) is 9.82. The van der Waals surface area contributed by atoms with Crippen LogP contribution in [-0.4, -0.2) is 51.9 Å². The van der Waals surface area contributed by atoms with E-state index in [-0.39, 0.29) is 0 Å². The topological polar surface area (TPSA) is 54.3 Å². The first kappa shape index (κ1) is 29.5. The molecule has 0 saturated heterocycles. The van der Waals surface area contributed by atoms with Gasteiger partial charge in [0.2, 0.25) is 0 Å². The molecule has 1 aliphatic rings. The summed E-state index contributed by atoms with van der Waals surface area (Å²) >= 11 is 14.9. The van der Waals surface area contributed by atoms with Crippen molar-refractivity contribution in [2.75, 3.05) is 38.9 Å². The molecule has 2 aromatic rings. The van der Waals surface area contributed by atoms with E-state index in [1.165, 1.54) is 19.8 Å². The van der Waals surface area contributed by atoms with Crippen molar-refractivity contribution in [3.05, 3.63) is 27.5 Å². The molecule has 0 fully saturated rings. The van der Waals surface area contributed by atoms with Crippen molar-refractivity contribution in [1.82, 2.24) is 5.32 Å². The molecule has 1 N–H and O–H groups in total. The van der Waals surface area contributed by atoms with Crippen LogP contribution < -0.4 is 15.7 Å². The largest absolute Gasteiger partial charge is 0.379 e. The second-order valence-corrected chi connectivity index (χ2v) is 17.1. The average Bonchev–Trinajstić information content (AvgIpc) is 3.52. The minimum Gasteiger partial charge on any atom is -0.379 e. The third-order valence-corrected chi connectivity index (χ3v) is 13.5. The van der Waals surface area contributed by atoms with Gasteiger partial charge in [-0.05, 0) is 47.3 Å². The fourth-order valence-electron chi connectivity index (χ4n) is 4.18. The molecule has 0 spiro atoms. The van der Waals surface area contributed by atoms with Gasteiger partial charge in [-0.2, -0.15) is 5.26 Å². The van der Waals surface area contributed by atoms with Crippen LogP contribution in [0, 0.1) is 11.3 Å². The SMILES string of the molecule is CC(C)c1cc2c(s1)-c1sc(/C=C(\C#N)C(=S)NCCOCCOCCCCCCCl)cc1[Si]2(C)C. The lowest BCUT2D eigenvalue weighted by Gasteiger charge is -2.16. The van der Waals surface area contributed by atoms with Crippen LogP contribution in [0.15, 0.2) is 17.7 Å². The lowest BCUT2D eigenvalue weighted by Crippen LogP contribution is -2.48. The number of hydrogen-bond acceptors (Lipinski definition) is 6. The smallest absolute Gasteiger partial charge is 0.117 e. The molecule has 0 bridgehead atoms. The third kappa shape index (κ3) is 7.50. The van der Waals surface area contributed by atoms with Gasteiger partial charge >= 0.3 is 0 Å². The van der Waals surface area contributed by atoms with Gasteiger partial charge in [-0.25, -0.2) is 0 Å². The number of thiocarbonyl (C=S) groups is 1. The number of hydrogen-bond donors (Lipinski definition) is 1. The summed E-state index contributed by atoms with van der Waals surface area (Å²) in [6.07, 6.45) is 6.40. The molecule has 196 valence electrons. The molecule has 0 radical (unpaired) electrons. The first-order valence-electron chi connectivity index (χ1n) is 12.7. The van der Waals surface area contributed by atoms with Gasteiger partial charge in [-0.15, -0.1) is 34.3 Å². The summed E-state index contributed by atoms with van der Waals surface area (Å²) in [5.74, 6) is 1.29. The standard InChI is InChI=1S/C27H37ClN2O2S3Si/c1-19(2)22-17-24-26(35-22)25-23(36(24,3)4)16-21(34-25)15-20(18-29)27(33)30-10-12-32-14-13-31-11-8-6-5-7-9-28/h15-17,19H,5-14H2,1-4H3,(H,30,33)/b20-15+. The second kappa shape index (κ2) is 14.2. The van der Waals surface area contributed by atoms with Gasteiger partial charge in [-0.3, -0.25) is 0 Å². The molecule has 0 unspecified atom stereocenters. The normalized spacial score (nSPS) is 14.1. The molecule has 3 rings (SSSR count). The van der Waals surface area contributed by atoms with Crippen LogP contribution in [0.3, 0.4) is 0 Å². The number of unbranched alkanes of at least 4 members (excludes halogenated alkanes) is 3. The zero-order valence-electron chi connectivity index (χ0n) is 21.7. The van der Waals surface area contributed by atoms with Gasteiger partial charge in [0.05, 0.1) is 25.4 Å². The fraction of sp³-hybridized carbons (Fsp3) is 0.556. The Kier molecular flexibility index (Phi) is 11.6. The number of thiophene rings is 2. The summed E-state index contributed by atoms with van der Waals surface area (Å²) in [6.45, 7) is 12.4. The summed E-state index contributed by atoms with van der Waals surface area (Å²) in [7, 11) is -1.70. The molecule has 9 heteroatoms. The summed E-state index contributed by atoms with van der Waals surface area (Å²) < 4.78 is 11.2. The summed E-state index contributed by atoms with van der Waals surface area (Å²) in [6, 6.07) is 7.01. The quantitative estimate of drug-likeness (QED) is 0.0660. The maximum absolute atomic E-state index is 9.74. The predicted octanol–water partition coefficient (Wildman–Crippen LogP) is 6.39. The maximum atomic E-state index is 9.74. The number of fused-ring (bicyclic) bond motifs is 3. The summed E-state index contributed by atoms with van der Waals surface area (Å²) in [4.78, 5) is 5.88. The maximum Gasteiger partial charge on any atom is 0.117 e. The number of nitrogens with zero attached hydrogens (tertiary/aromatic N) is 1. The minimum absolute atomic E-state index is 0.471. The van der Waals surface area contributed by atoms with E-state index in [2.05, 4.69) is 50.5 Å². The first-order valence-corrected chi connectivity index (χ1v) is 18.3. The van der Waals surface area contributed by atoms with Gasteiger partial charge in [0.15, 0.2) is 0 Å². The van der Waals surface area contributed by atoms with Crippen molar-refractivity contribution in [1.29, 1.82) is 5.26 Å². The Morgan fingerprint density at radius 1 is 1.06 bits per heavy atom. The Labute approximate surface area is 235 Å². The van der Waals surface area contributed by atoms with Crippen molar-refractivity contribution in [2.24, 2.45) is 0 Å². The number of alkyl halides is 1.